The first-order valence-electron chi connectivity index (χ1n) is 7.98. The van der Waals surface area contributed by atoms with E-state index < -0.39 is 11.6 Å². The summed E-state index contributed by atoms with van der Waals surface area (Å²) in [5.74, 6) is 0.951. The molecule has 0 spiro atoms. The van der Waals surface area contributed by atoms with Gasteiger partial charge in [-0.15, -0.1) is 0 Å². The van der Waals surface area contributed by atoms with Gasteiger partial charge in [0, 0.05) is 24.2 Å². The lowest BCUT2D eigenvalue weighted by molar-refractivity contribution is 0.410. The third kappa shape index (κ3) is 4.24. The van der Waals surface area contributed by atoms with Gasteiger partial charge in [-0.3, -0.25) is 0 Å². The van der Waals surface area contributed by atoms with Crippen molar-refractivity contribution in [2.24, 2.45) is 0 Å². The third-order valence-electron chi connectivity index (χ3n) is 3.68. The Kier molecular flexibility index (Phi) is 5.26. The van der Waals surface area contributed by atoms with Crippen LogP contribution in [0.1, 0.15) is 11.4 Å². The molecule has 5 nitrogen and oxygen atoms in total. The lowest BCUT2D eigenvalue weighted by Crippen LogP contribution is -2.06. The number of anilines is 3. The second-order valence-corrected chi connectivity index (χ2v) is 5.60. The molecule has 0 aliphatic carbocycles. The number of rotatable bonds is 6. The van der Waals surface area contributed by atoms with Crippen molar-refractivity contribution in [3.8, 4) is 5.75 Å². The topological polar surface area (TPSA) is 59.1 Å². The maximum atomic E-state index is 13.8. The molecule has 0 saturated carbocycles. The Labute approximate surface area is 150 Å². The van der Waals surface area contributed by atoms with Gasteiger partial charge in [-0.2, -0.15) is 0 Å². The van der Waals surface area contributed by atoms with Gasteiger partial charge >= 0.3 is 0 Å². The van der Waals surface area contributed by atoms with Crippen LogP contribution in [0.5, 0.6) is 5.75 Å². The molecule has 0 amide bonds. The normalized spacial score (nSPS) is 10.5. The Morgan fingerprint density at radius 3 is 2.54 bits per heavy atom. The van der Waals surface area contributed by atoms with Crippen molar-refractivity contribution in [2.45, 2.75) is 13.5 Å². The Bertz CT molecular complexity index is 918. The van der Waals surface area contributed by atoms with Crippen molar-refractivity contribution >= 4 is 17.3 Å². The number of para-hydroxylation sites is 1. The van der Waals surface area contributed by atoms with Gasteiger partial charge in [0.1, 0.15) is 34.8 Å². The van der Waals surface area contributed by atoms with Crippen molar-refractivity contribution in [3.63, 3.8) is 0 Å². The fourth-order valence-electron chi connectivity index (χ4n) is 2.49. The number of aryl methyl sites for hydroxylation is 1. The molecule has 0 unspecified atom stereocenters. The van der Waals surface area contributed by atoms with Gasteiger partial charge in [0.15, 0.2) is 0 Å². The molecule has 2 aromatic carbocycles. The summed E-state index contributed by atoms with van der Waals surface area (Å²) in [6.07, 6.45) is 0. The van der Waals surface area contributed by atoms with Crippen LogP contribution in [0.15, 0.2) is 48.5 Å². The molecule has 26 heavy (non-hydrogen) atoms. The standard InChI is InChI=1S/C19H18F2N4O/c1-12-23-18(22-11-13-5-3-4-6-17(13)26-2)10-19(24-12)25-16-8-7-14(20)9-15(16)21/h3-10H,11H2,1-2H3,(H2,22,23,24,25). The van der Waals surface area contributed by atoms with Crippen molar-refractivity contribution in [1.29, 1.82) is 0 Å². The van der Waals surface area contributed by atoms with Crippen molar-refractivity contribution < 1.29 is 13.5 Å². The maximum absolute atomic E-state index is 13.8. The molecule has 0 saturated heterocycles. The van der Waals surface area contributed by atoms with Gasteiger partial charge in [0.25, 0.3) is 0 Å². The number of nitrogens with one attached hydrogen (secondary N) is 2. The largest absolute Gasteiger partial charge is 0.496 e. The molecule has 1 heterocycles. The van der Waals surface area contributed by atoms with Gasteiger partial charge in [0.05, 0.1) is 12.8 Å². The van der Waals surface area contributed by atoms with E-state index in [1.54, 1.807) is 20.1 Å². The minimum absolute atomic E-state index is 0.139. The zero-order chi connectivity index (χ0) is 18.5. The van der Waals surface area contributed by atoms with E-state index >= 15 is 0 Å². The fraction of sp³-hybridized carbons (Fsp3) is 0.158. The fourth-order valence-corrected chi connectivity index (χ4v) is 2.49. The lowest BCUT2D eigenvalue weighted by Gasteiger charge is -2.12. The molecule has 134 valence electrons. The van der Waals surface area contributed by atoms with Crippen molar-refractivity contribution in [1.82, 2.24) is 9.97 Å². The van der Waals surface area contributed by atoms with Crippen LogP contribution in [0.2, 0.25) is 0 Å². The highest BCUT2D eigenvalue weighted by Crippen LogP contribution is 2.22. The Morgan fingerprint density at radius 1 is 1.00 bits per heavy atom. The summed E-state index contributed by atoms with van der Waals surface area (Å²) < 4.78 is 32.2. The molecule has 0 aliphatic rings. The van der Waals surface area contributed by atoms with Gasteiger partial charge < -0.3 is 15.4 Å². The van der Waals surface area contributed by atoms with E-state index in [1.807, 2.05) is 24.3 Å². The van der Waals surface area contributed by atoms with E-state index in [2.05, 4.69) is 20.6 Å². The molecule has 0 atom stereocenters. The number of aromatic nitrogens is 2. The van der Waals surface area contributed by atoms with E-state index in [9.17, 15) is 8.78 Å². The van der Waals surface area contributed by atoms with E-state index in [0.29, 0.717) is 24.0 Å². The summed E-state index contributed by atoms with van der Waals surface area (Å²) in [5.41, 5.74) is 1.12. The molecule has 3 aromatic rings. The summed E-state index contributed by atoms with van der Waals surface area (Å²) in [4.78, 5) is 8.56. The highest BCUT2D eigenvalue weighted by atomic mass is 19.1. The molecule has 0 radical (unpaired) electrons. The van der Waals surface area contributed by atoms with Gasteiger partial charge in [-0.05, 0) is 25.1 Å². The van der Waals surface area contributed by atoms with E-state index in [-0.39, 0.29) is 5.69 Å². The molecule has 0 fully saturated rings. The lowest BCUT2D eigenvalue weighted by atomic mass is 10.2. The molecule has 2 N–H and O–H groups in total. The number of hydrogen-bond donors (Lipinski definition) is 2. The quantitative estimate of drug-likeness (QED) is 0.684. The van der Waals surface area contributed by atoms with E-state index in [0.717, 1.165) is 17.4 Å². The monoisotopic (exact) mass is 356 g/mol. The van der Waals surface area contributed by atoms with Crippen LogP contribution < -0.4 is 15.4 Å². The molecule has 1 aromatic heterocycles. The average molecular weight is 356 g/mol. The zero-order valence-electron chi connectivity index (χ0n) is 14.4. The van der Waals surface area contributed by atoms with Crippen LogP contribution >= 0.6 is 0 Å². The molecule has 0 bridgehead atoms. The van der Waals surface area contributed by atoms with Crippen LogP contribution in [0, 0.1) is 18.6 Å². The van der Waals surface area contributed by atoms with Gasteiger partial charge in [-0.1, -0.05) is 18.2 Å². The minimum Gasteiger partial charge on any atom is -0.496 e. The number of halogens is 2. The van der Waals surface area contributed by atoms with Gasteiger partial charge in [-0.25, -0.2) is 18.7 Å². The summed E-state index contributed by atoms with van der Waals surface area (Å²) in [7, 11) is 1.62. The molecular weight excluding hydrogens is 338 g/mol. The predicted octanol–water partition coefficient (Wildman–Crippen LogP) is 4.43. The summed E-state index contributed by atoms with van der Waals surface area (Å²) in [6.45, 7) is 2.24. The van der Waals surface area contributed by atoms with Crippen LogP contribution in [0.4, 0.5) is 26.1 Å². The zero-order valence-corrected chi connectivity index (χ0v) is 14.4. The molecule has 3 rings (SSSR count). The average Bonchev–Trinajstić information content (AvgIpc) is 2.62. The van der Waals surface area contributed by atoms with Crippen molar-refractivity contribution in [2.75, 3.05) is 17.7 Å². The second kappa shape index (κ2) is 7.77. The molecule has 0 aliphatic heterocycles. The van der Waals surface area contributed by atoms with Gasteiger partial charge in [0.2, 0.25) is 0 Å². The van der Waals surface area contributed by atoms with Crippen molar-refractivity contribution in [3.05, 3.63) is 71.6 Å². The first kappa shape index (κ1) is 17.6. The first-order valence-corrected chi connectivity index (χ1v) is 7.98. The highest BCUT2D eigenvalue weighted by Gasteiger charge is 2.08. The highest BCUT2D eigenvalue weighted by molar-refractivity contribution is 5.60. The van der Waals surface area contributed by atoms with E-state index in [1.165, 1.54) is 12.1 Å². The van der Waals surface area contributed by atoms with E-state index in [4.69, 9.17) is 4.74 Å². The number of benzene rings is 2. The number of methoxy groups -OCH3 is 1. The smallest absolute Gasteiger partial charge is 0.149 e. The molecule has 7 heteroatoms. The number of hydrogen-bond acceptors (Lipinski definition) is 5. The van der Waals surface area contributed by atoms with Crippen LogP contribution in [-0.4, -0.2) is 17.1 Å². The van der Waals surface area contributed by atoms with Crippen LogP contribution in [-0.2, 0) is 6.54 Å². The summed E-state index contributed by atoms with van der Waals surface area (Å²) >= 11 is 0. The molecular formula is C19H18F2N4O. The minimum atomic E-state index is -0.690. The first-order chi connectivity index (χ1) is 12.5. The summed E-state index contributed by atoms with van der Waals surface area (Å²) in [5, 5.41) is 6.05. The Hall–Kier alpha value is -3.22. The number of nitrogens with zero attached hydrogens (tertiary/aromatic N) is 2. The second-order valence-electron chi connectivity index (χ2n) is 5.60. The Morgan fingerprint density at radius 2 is 1.77 bits per heavy atom. The Balaban J connectivity index is 1.77. The summed E-state index contributed by atoms with van der Waals surface area (Å²) in [6, 6.07) is 12.6. The van der Waals surface area contributed by atoms with Crippen LogP contribution in [0.3, 0.4) is 0 Å². The predicted molar refractivity (Wildman–Crippen MR) is 96.7 cm³/mol. The maximum Gasteiger partial charge on any atom is 0.149 e. The SMILES string of the molecule is COc1ccccc1CNc1cc(Nc2ccc(F)cc2F)nc(C)n1. The number of ether oxygens (including phenoxy) is 1. The third-order valence-corrected chi connectivity index (χ3v) is 3.68. The van der Waals surface area contributed by atoms with Crippen LogP contribution in [0.25, 0.3) is 0 Å².